The minimum Gasteiger partial charge on any atom is -0.507 e. The van der Waals surface area contributed by atoms with Gasteiger partial charge >= 0.3 is 0 Å². The molecule has 0 radical (unpaired) electrons. The number of methoxy groups -OCH3 is 2. The second kappa shape index (κ2) is 9.05. The molecule has 4 heteroatoms. The average Bonchev–Trinajstić information content (AvgIpc) is 2.66. The van der Waals surface area contributed by atoms with E-state index in [1.165, 1.54) is 14.2 Å². The third-order valence-corrected chi connectivity index (χ3v) is 4.47. The van der Waals surface area contributed by atoms with Crippen LogP contribution < -0.4 is 9.47 Å². The Hall–Kier alpha value is -2.80. The van der Waals surface area contributed by atoms with Gasteiger partial charge in [-0.1, -0.05) is 13.0 Å². The zero-order valence-corrected chi connectivity index (χ0v) is 15.6. The van der Waals surface area contributed by atoms with E-state index in [9.17, 15) is 10.2 Å². The van der Waals surface area contributed by atoms with Crippen LogP contribution in [0.4, 0.5) is 0 Å². The smallest absolute Gasteiger partial charge is 0.203 e. The Kier molecular flexibility index (Phi) is 6.80. The highest BCUT2D eigenvalue weighted by Gasteiger charge is 2.22. The largest absolute Gasteiger partial charge is 0.507 e. The molecule has 0 aliphatic carbocycles. The Labute approximate surface area is 155 Å². The topological polar surface area (TPSA) is 58.9 Å². The summed E-state index contributed by atoms with van der Waals surface area (Å²) in [6.07, 6.45) is 9.26. The number of benzene rings is 2. The average molecular weight is 354 g/mol. The van der Waals surface area contributed by atoms with Crippen LogP contribution in [0.2, 0.25) is 0 Å². The highest BCUT2D eigenvalue weighted by molar-refractivity contribution is 5.81. The van der Waals surface area contributed by atoms with Gasteiger partial charge in [0.2, 0.25) is 5.75 Å². The van der Waals surface area contributed by atoms with Crippen molar-refractivity contribution in [2.75, 3.05) is 14.2 Å². The van der Waals surface area contributed by atoms with Crippen molar-refractivity contribution in [3.05, 3.63) is 35.4 Å². The van der Waals surface area contributed by atoms with Crippen LogP contribution >= 0.6 is 0 Å². The first kappa shape index (κ1) is 19.5. The summed E-state index contributed by atoms with van der Waals surface area (Å²) >= 11 is 0. The molecule has 0 bridgehead atoms. The molecular weight excluding hydrogens is 328 g/mol. The van der Waals surface area contributed by atoms with E-state index < -0.39 is 0 Å². The maximum absolute atomic E-state index is 10.6. The summed E-state index contributed by atoms with van der Waals surface area (Å²) in [5.41, 5.74) is 3.20. The van der Waals surface area contributed by atoms with Crippen molar-refractivity contribution in [1.29, 1.82) is 0 Å². The van der Waals surface area contributed by atoms with Crippen LogP contribution in [-0.4, -0.2) is 24.4 Å². The van der Waals surface area contributed by atoms with Gasteiger partial charge in [0.15, 0.2) is 11.5 Å². The quantitative estimate of drug-likeness (QED) is 0.533. The van der Waals surface area contributed by atoms with Crippen molar-refractivity contribution in [1.82, 2.24) is 0 Å². The lowest BCUT2D eigenvalue weighted by Crippen LogP contribution is -1.98. The zero-order chi connectivity index (χ0) is 19.1. The van der Waals surface area contributed by atoms with E-state index in [4.69, 9.17) is 15.9 Å². The molecule has 0 fully saturated rings. The molecule has 0 aliphatic heterocycles. The first-order valence-corrected chi connectivity index (χ1v) is 8.79. The Balaban J connectivity index is 2.58. The second-order valence-corrected chi connectivity index (χ2v) is 6.11. The number of aromatic hydroxyl groups is 2. The maximum Gasteiger partial charge on any atom is 0.203 e. The van der Waals surface area contributed by atoms with Crippen LogP contribution in [0.15, 0.2) is 24.3 Å². The van der Waals surface area contributed by atoms with Gasteiger partial charge in [-0.3, -0.25) is 0 Å². The highest BCUT2D eigenvalue weighted by atomic mass is 16.5. The van der Waals surface area contributed by atoms with Crippen molar-refractivity contribution in [2.24, 2.45) is 0 Å². The van der Waals surface area contributed by atoms with Crippen LogP contribution in [0, 0.1) is 12.3 Å². The fourth-order valence-electron chi connectivity index (χ4n) is 3.03. The lowest BCUT2D eigenvalue weighted by atomic mass is 9.95. The first-order chi connectivity index (χ1) is 12.6. The SMILES string of the molecule is C#CCCCCc1cc(-c2cc(CC)ccc2O)c(OC)c(OC)c1O. The van der Waals surface area contributed by atoms with Crippen LogP contribution in [0.25, 0.3) is 11.1 Å². The first-order valence-electron chi connectivity index (χ1n) is 8.79. The van der Waals surface area contributed by atoms with Crippen molar-refractivity contribution in [3.63, 3.8) is 0 Å². The molecule has 2 rings (SSSR count). The van der Waals surface area contributed by atoms with Crippen molar-refractivity contribution in [3.8, 4) is 46.5 Å². The second-order valence-electron chi connectivity index (χ2n) is 6.11. The van der Waals surface area contributed by atoms with E-state index in [2.05, 4.69) is 12.8 Å². The van der Waals surface area contributed by atoms with Gasteiger partial charge in [0.25, 0.3) is 0 Å². The summed E-state index contributed by atoms with van der Waals surface area (Å²) in [5.74, 6) is 3.53. The number of phenolic OH excluding ortho intramolecular Hbond substituents is 2. The van der Waals surface area contributed by atoms with Crippen molar-refractivity contribution in [2.45, 2.75) is 39.0 Å². The van der Waals surface area contributed by atoms with Gasteiger partial charge in [-0.15, -0.1) is 12.3 Å². The minimum absolute atomic E-state index is 0.0694. The normalized spacial score (nSPS) is 10.4. The van der Waals surface area contributed by atoms with Gasteiger partial charge in [-0.25, -0.2) is 0 Å². The molecule has 138 valence electrons. The van der Waals surface area contributed by atoms with E-state index in [-0.39, 0.29) is 17.2 Å². The minimum atomic E-state index is 0.0694. The molecule has 2 aromatic carbocycles. The standard InChI is InChI=1S/C22H26O4/c1-5-7-8-9-10-16-14-18(21(25-3)22(26-4)20(16)24)17-13-15(6-2)11-12-19(17)23/h1,11-14,23-24H,6-10H2,2-4H3. The van der Waals surface area contributed by atoms with Crippen LogP contribution in [0.1, 0.15) is 37.3 Å². The van der Waals surface area contributed by atoms with Gasteiger partial charge in [0.1, 0.15) is 5.75 Å². The molecule has 0 unspecified atom stereocenters. The Morgan fingerprint density at radius 2 is 1.73 bits per heavy atom. The van der Waals surface area contributed by atoms with Gasteiger partial charge in [0, 0.05) is 17.5 Å². The monoisotopic (exact) mass is 354 g/mol. The fraction of sp³-hybridized carbons (Fsp3) is 0.364. The van der Waals surface area contributed by atoms with Crippen LogP contribution in [0.5, 0.6) is 23.0 Å². The third kappa shape index (κ3) is 4.05. The highest BCUT2D eigenvalue weighted by Crippen LogP contribution is 2.48. The number of rotatable bonds is 8. The summed E-state index contributed by atoms with van der Waals surface area (Å²) < 4.78 is 10.9. The fourth-order valence-corrected chi connectivity index (χ4v) is 3.03. The molecule has 26 heavy (non-hydrogen) atoms. The maximum atomic E-state index is 10.6. The van der Waals surface area contributed by atoms with Gasteiger partial charge < -0.3 is 19.7 Å². The number of aryl methyl sites for hydroxylation is 2. The van der Waals surface area contributed by atoms with E-state index in [0.29, 0.717) is 29.7 Å². The number of hydrogen-bond acceptors (Lipinski definition) is 4. The molecule has 4 nitrogen and oxygen atoms in total. The number of ether oxygens (including phenoxy) is 2. The molecule has 2 N–H and O–H groups in total. The Morgan fingerprint density at radius 1 is 1.00 bits per heavy atom. The number of terminal acetylenes is 1. The number of phenols is 2. The molecular formula is C22H26O4. The van der Waals surface area contributed by atoms with Crippen LogP contribution in [-0.2, 0) is 12.8 Å². The van der Waals surface area contributed by atoms with Gasteiger partial charge in [-0.05, 0) is 55.0 Å². The molecule has 0 heterocycles. The van der Waals surface area contributed by atoms with E-state index in [1.807, 2.05) is 18.2 Å². The van der Waals surface area contributed by atoms with Gasteiger partial charge in [0.05, 0.1) is 14.2 Å². The molecule has 0 spiro atoms. The predicted molar refractivity (Wildman–Crippen MR) is 104 cm³/mol. The molecule has 0 amide bonds. The lowest BCUT2D eigenvalue weighted by molar-refractivity contribution is 0.332. The van der Waals surface area contributed by atoms with E-state index >= 15 is 0 Å². The molecule has 0 saturated carbocycles. The molecule has 0 atom stereocenters. The summed E-state index contributed by atoms with van der Waals surface area (Å²) in [6.45, 7) is 2.06. The predicted octanol–water partition coefficient (Wildman–Crippen LogP) is 4.69. The summed E-state index contributed by atoms with van der Waals surface area (Å²) in [5, 5.41) is 21.0. The van der Waals surface area contributed by atoms with E-state index in [1.54, 1.807) is 6.07 Å². The molecule has 0 saturated heterocycles. The molecule has 2 aromatic rings. The van der Waals surface area contributed by atoms with Crippen molar-refractivity contribution < 1.29 is 19.7 Å². The number of unbranched alkanes of at least 4 members (excludes halogenated alkanes) is 2. The lowest BCUT2D eigenvalue weighted by Gasteiger charge is -2.18. The van der Waals surface area contributed by atoms with Crippen LogP contribution in [0.3, 0.4) is 0 Å². The number of hydrogen-bond donors (Lipinski definition) is 2. The third-order valence-electron chi connectivity index (χ3n) is 4.47. The summed E-state index contributed by atoms with van der Waals surface area (Å²) in [6, 6.07) is 7.37. The Morgan fingerprint density at radius 3 is 2.35 bits per heavy atom. The van der Waals surface area contributed by atoms with Crippen molar-refractivity contribution >= 4 is 0 Å². The summed E-state index contributed by atoms with van der Waals surface area (Å²) in [7, 11) is 3.01. The van der Waals surface area contributed by atoms with Gasteiger partial charge in [-0.2, -0.15) is 0 Å². The molecule has 0 aromatic heterocycles. The molecule has 0 aliphatic rings. The zero-order valence-electron chi connectivity index (χ0n) is 15.6. The van der Waals surface area contributed by atoms with E-state index in [0.717, 1.165) is 30.4 Å². The summed E-state index contributed by atoms with van der Waals surface area (Å²) in [4.78, 5) is 0. The Bertz CT molecular complexity index is 803.